The molecule has 0 radical (unpaired) electrons. The van der Waals surface area contributed by atoms with Crippen molar-refractivity contribution in [2.75, 3.05) is 38.7 Å². The number of anilines is 1. The van der Waals surface area contributed by atoms with Gasteiger partial charge in [0.25, 0.3) is 5.91 Å². The quantitative estimate of drug-likeness (QED) is 0.441. The second-order valence-electron chi connectivity index (χ2n) is 5.95. The van der Waals surface area contributed by atoms with Gasteiger partial charge in [0.2, 0.25) is 0 Å². The maximum absolute atomic E-state index is 12.4. The number of aromatic amines is 1. The summed E-state index contributed by atoms with van der Waals surface area (Å²) in [6.07, 6.45) is 1.58. The van der Waals surface area contributed by atoms with Crippen LogP contribution in [0.25, 0.3) is 0 Å². The number of H-pyrrole nitrogens is 1. The van der Waals surface area contributed by atoms with Crippen molar-refractivity contribution in [2.45, 2.75) is 13.8 Å². The summed E-state index contributed by atoms with van der Waals surface area (Å²) in [5.74, 6) is -0.365. The second-order valence-corrected chi connectivity index (χ2v) is 5.95. The number of hydrogen-bond donors (Lipinski definition) is 3. The van der Waals surface area contributed by atoms with E-state index in [1.165, 1.54) is 7.11 Å². The highest BCUT2D eigenvalue weighted by atomic mass is 16.6. The third-order valence-electron chi connectivity index (χ3n) is 4.02. The molecule has 1 amide bonds. The minimum atomic E-state index is -0.497. The zero-order chi connectivity index (χ0) is 20.5. The normalized spacial score (nSPS) is 10.2. The lowest BCUT2D eigenvalue weighted by Crippen LogP contribution is -2.29. The average Bonchev–Trinajstić information content (AvgIpc) is 2.99. The zero-order valence-corrected chi connectivity index (χ0v) is 16.1. The van der Waals surface area contributed by atoms with E-state index >= 15 is 0 Å². The number of amides is 1. The van der Waals surface area contributed by atoms with E-state index in [-0.39, 0.29) is 12.5 Å². The van der Waals surface area contributed by atoms with Gasteiger partial charge in [0, 0.05) is 32.1 Å². The van der Waals surface area contributed by atoms with Crippen LogP contribution in [0, 0.1) is 25.2 Å². The number of carbonyl (C=O) groups excluding carboxylic acids is 2. The molecule has 0 aliphatic rings. The van der Waals surface area contributed by atoms with E-state index in [4.69, 9.17) is 14.7 Å². The Labute approximate surface area is 163 Å². The number of aryl methyl sites for hydroxylation is 1. The summed E-state index contributed by atoms with van der Waals surface area (Å²) < 4.78 is 9.99. The first-order chi connectivity index (χ1) is 13.5. The Morgan fingerprint density at radius 2 is 2.07 bits per heavy atom. The molecule has 0 aliphatic heterocycles. The van der Waals surface area contributed by atoms with Crippen LogP contribution in [0.3, 0.4) is 0 Å². The number of carbonyl (C=O) groups is 2. The SMILES string of the molecule is COCCOC(=O)c1c(C)[nH]c(C(=O)NCCNc2ncccc2C#N)c1C. The van der Waals surface area contributed by atoms with Crippen LogP contribution in [-0.2, 0) is 9.47 Å². The van der Waals surface area contributed by atoms with Gasteiger partial charge in [0.05, 0.1) is 17.7 Å². The summed E-state index contributed by atoms with van der Waals surface area (Å²) in [6.45, 7) is 4.55. The number of hydrogen-bond acceptors (Lipinski definition) is 7. The molecule has 28 heavy (non-hydrogen) atoms. The van der Waals surface area contributed by atoms with Crippen LogP contribution < -0.4 is 10.6 Å². The summed E-state index contributed by atoms with van der Waals surface area (Å²) in [7, 11) is 1.52. The van der Waals surface area contributed by atoms with E-state index in [9.17, 15) is 9.59 Å². The summed E-state index contributed by atoms with van der Waals surface area (Å²) in [5, 5.41) is 14.8. The van der Waals surface area contributed by atoms with E-state index in [0.29, 0.717) is 53.6 Å². The molecule has 0 fully saturated rings. The van der Waals surface area contributed by atoms with Gasteiger partial charge in [0.1, 0.15) is 24.2 Å². The average molecular weight is 385 g/mol. The molecule has 148 valence electrons. The van der Waals surface area contributed by atoms with Crippen LogP contribution in [0.5, 0.6) is 0 Å². The first-order valence-electron chi connectivity index (χ1n) is 8.72. The summed E-state index contributed by atoms with van der Waals surface area (Å²) in [4.78, 5) is 31.7. The number of nitrogens with zero attached hydrogens (tertiary/aromatic N) is 2. The van der Waals surface area contributed by atoms with E-state index in [1.54, 1.807) is 32.2 Å². The third kappa shape index (κ3) is 5.08. The van der Waals surface area contributed by atoms with Crippen molar-refractivity contribution in [2.24, 2.45) is 0 Å². The Balaban J connectivity index is 1.93. The van der Waals surface area contributed by atoms with Gasteiger partial charge in [-0.2, -0.15) is 5.26 Å². The largest absolute Gasteiger partial charge is 0.460 e. The molecule has 2 aromatic heterocycles. The third-order valence-corrected chi connectivity index (χ3v) is 4.02. The number of pyridine rings is 1. The van der Waals surface area contributed by atoms with E-state index in [1.807, 2.05) is 6.07 Å². The van der Waals surface area contributed by atoms with Crippen molar-refractivity contribution in [1.29, 1.82) is 5.26 Å². The maximum atomic E-state index is 12.4. The predicted octanol–water partition coefficient (Wildman–Crippen LogP) is 1.54. The lowest BCUT2D eigenvalue weighted by atomic mass is 10.1. The Hall–Kier alpha value is -3.38. The van der Waals surface area contributed by atoms with Gasteiger partial charge in [-0.25, -0.2) is 9.78 Å². The van der Waals surface area contributed by atoms with Crippen LogP contribution in [-0.4, -0.2) is 55.3 Å². The van der Waals surface area contributed by atoms with Crippen LogP contribution in [0.15, 0.2) is 18.3 Å². The van der Waals surface area contributed by atoms with E-state index in [2.05, 4.69) is 20.6 Å². The first-order valence-corrected chi connectivity index (χ1v) is 8.72. The van der Waals surface area contributed by atoms with Crippen molar-refractivity contribution in [3.63, 3.8) is 0 Å². The molecule has 0 saturated heterocycles. The highest BCUT2D eigenvalue weighted by molar-refractivity contribution is 6.00. The predicted molar refractivity (Wildman–Crippen MR) is 102 cm³/mol. The van der Waals surface area contributed by atoms with Gasteiger partial charge in [0.15, 0.2) is 0 Å². The fraction of sp³-hybridized carbons (Fsp3) is 0.368. The van der Waals surface area contributed by atoms with Crippen LogP contribution in [0.1, 0.15) is 37.7 Å². The van der Waals surface area contributed by atoms with Crippen molar-refractivity contribution < 1.29 is 19.1 Å². The number of ether oxygens (including phenoxy) is 2. The number of aromatic nitrogens is 2. The fourth-order valence-corrected chi connectivity index (χ4v) is 2.65. The first kappa shape index (κ1) is 20.9. The molecule has 0 spiro atoms. The van der Waals surface area contributed by atoms with Crippen LogP contribution in [0.2, 0.25) is 0 Å². The topological polar surface area (TPSA) is 129 Å². The van der Waals surface area contributed by atoms with Crippen LogP contribution in [0.4, 0.5) is 5.82 Å². The molecule has 2 aromatic rings. The molecule has 3 N–H and O–H groups in total. The number of nitrogens with one attached hydrogen (secondary N) is 3. The van der Waals surface area contributed by atoms with Crippen molar-refractivity contribution in [3.05, 3.63) is 46.4 Å². The number of esters is 1. The van der Waals surface area contributed by atoms with Crippen LogP contribution >= 0.6 is 0 Å². The van der Waals surface area contributed by atoms with Gasteiger partial charge in [-0.1, -0.05) is 0 Å². The molecule has 0 aliphatic carbocycles. The molecule has 0 saturated carbocycles. The zero-order valence-electron chi connectivity index (χ0n) is 16.1. The Bertz CT molecular complexity index is 885. The molecule has 9 heteroatoms. The van der Waals surface area contributed by atoms with Gasteiger partial charge in [-0.05, 0) is 31.5 Å². The molecule has 0 aromatic carbocycles. The molecule has 0 unspecified atom stereocenters. The Morgan fingerprint density at radius 1 is 1.29 bits per heavy atom. The summed E-state index contributed by atoms with van der Waals surface area (Å²) >= 11 is 0. The van der Waals surface area contributed by atoms with Crippen molar-refractivity contribution in [3.8, 4) is 6.07 Å². The van der Waals surface area contributed by atoms with Gasteiger partial charge in [-0.15, -0.1) is 0 Å². The van der Waals surface area contributed by atoms with E-state index in [0.717, 1.165) is 0 Å². The number of nitriles is 1. The lowest BCUT2D eigenvalue weighted by Gasteiger charge is -2.08. The monoisotopic (exact) mass is 385 g/mol. The Morgan fingerprint density at radius 3 is 2.79 bits per heavy atom. The molecular weight excluding hydrogens is 362 g/mol. The second kappa shape index (κ2) is 10.1. The lowest BCUT2D eigenvalue weighted by molar-refractivity contribution is 0.0387. The fourth-order valence-electron chi connectivity index (χ4n) is 2.65. The number of methoxy groups -OCH3 is 1. The molecule has 9 nitrogen and oxygen atoms in total. The van der Waals surface area contributed by atoms with Gasteiger partial charge in [-0.3, -0.25) is 4.79 Å². The van der Waals surface area contributed by atoms with E-state index < -0.39 is 5.97 Å². The van der Waals surface area contributed by atoms with Crippen molar-refractivity contribution >= 4 is 17.7 Å². The molecule has 2 rings (SSSR count). The highest BCUT2D eigenvalue weighted by Crippen LogP contribution is 2.19. The summed E-state index contributed by atoms with van der Waals surface area (Å²) in [6, 6.07) is 5.39. The standard InChI is InChI=1S/C19H23N5O4/c1-12-15(19(26)28-10-9-27-3)13(2)24-16(12)18(25)23-8-7-22-17-14(11-20)5-4-6-21-17/h4-6,24H,7-10H2,1-3H3,(H,21,22)(H,23,25). The minimum absolute atomic E-state index is 0.144. The molecule has 0 atom stereocenters. The smallest absolute Gasteiger partial charge is 0.340 e. The maximum Gasteiger partial charge on any atom is 0.340 e. The van der Waals surface area contributed by atoms with Gasteiger partial charge >= 0.3 is 5.97 Å². The summed E-state index contributed by atoms with van der Waals surface area (Å²) in [5.41, 5.74) is 2.19. The molecule has 0 bridgehead atoms. The Kier molecular flexibility index (Phi) is 7.54. The highest BCUT2D eigenvalue weighted by Gasteiger charge is 2.22. The van der Waals surface area contributed by atoms with Gasteiger partial charge < -0.3 is 25.1 Å². The van der Waals surface area contributed by atoms with Crippen molar-refractivity contribution in [1.82, 2.24) is 15.3 Å². The molecular formula is C19H23N5O4. The number of rotatable bonds is 9. The minimum Gasteiger partial charge on any atom is -0.460 e. The molecule has 2 heterocycles.